The number of nitrogens with zero attached hydrogens (tertiary/aromatic N) is 3. The van der Waals surface area contributed by atoms with E-state index in [2.05, 4.69) is 32.6 Å². The second kappa shape index (κ2) is 2.85. The van der Waals surface area contributed by atoms with E-state index in [9.17, 15) is 0 Å². The molecule has 0 amide bonds. The van der Waals surface area contributed by atoms with Gasteiger partial charge in [0.1, 0.15) is 8.85 Å². The molecule has 0 unspecified atom stereocenters. The van der Waals surface area contributed by atoms with Crippen molar-refractivity contribution < 1.29 is 0 Å². The first kappa shape index (κ1) is 8.25. The van der Waals surface area contributed by atoms with E-state index in [1.54, 1.807) is 6.20 Å². The van der Waals surface area contributed by atoms with Gasteiger partial charge in [0.2, 0.25) is 0 Å². The minimum absolute atomic E-state index is 0.589. The third-order valence-electron chi connectivity index (χ3n) is 1.53. The van der Waals surface area contributed by atoms with Gasteiger partial charge in [-0.2, -0.15) is 0 Å². The van der Waals surface area contributed by atoms with Gasteiger partial charge in [0.15, 0.2) is 5.65 Å². The molecule has 12 heavy (non-hydrogen) atoms. The Kier molecular flexibility index (Phi) is 1.96. The van der Waals surface area contributed by atoms with E-state index in [4.69, 9.17) is 11.6 Å². The van der Waals surface area contributed by atoms with Crippen molar-refractivity contribution >= 4 is 39.8 Å². The summed E-state index contributed by atoms with van der Waals surface area (Å²) >= 11 is 8.03. The highest BCUT2D eigenvalue weighted by atomic mass is 127. The first-order chi connectivity index (χ1) is 5.68. The molecule has 0 aliphatic carbocycles. The molecule has 0 radical (unpaired) electrons. The van der Waals surface area contributed by atoms with Crippen LogP contribution in [0, 0.1) is 10.6 Å². The van der Waals surface area contributed by atoms with Crippen molar-refractivity contribution in [1.29, 1.82) is 0 Å². The fourth-order valence-corrected chi connectivity index (χ4v) is 1.73. The number of halogens is 2. The summed E-state index contributed by atoms with van der Waals surface area (Å²) in [5, 5.41) is 0.589. The summed E-state index contributed by atoms with van der Waals surface area (Å²) in [6.07, 6.45) is 3.51. The molecular formula is C7H5ClIN3. The minimum Gasteiger partial charge on any atom is -0.286 e. The van der Waals surface area contributed by atoms with Gasteiger partial charge in [0, 0.05) is 6.20 Å². The van der Waals surface area contributed by atoms with Gasteiger partial charge in [0.25, 0.3) is 0 Å². The number of fused-ring (bicyclic) bond motifs is 1. The van der Waals surface area contributed by atoms with E-state index in [1.807, 2.05) is 17.5 Å². The Balaban J connectivity index is 2.93. The van der Waals surface area contributed by atoms with E-state index < -0.39 is 0 Å². The lowest BCUT2D eigenvalue weighted by molar-refractivity contribution is 1.10. The normalized spacial score (nSPS) is 10.9. The van der Waals surface area contributed by atoms with E-state index in [0.29, 0.717) is 5.15 Å². The fourth-order valence-electron chi connectivity index (χ4n) is 1.04. The molecule has 2 aromatic heterocycles. The lowest BCUT2D eigenvalue weighted by Gasteiger charge is -1.96. The average Bonchev–Trinajstić information content (AvgIpc) is 2.41. The van der Waals surface area contributed by atoms with Crippen LogP contribution in [-0.4, -0.2) is 14.4 Å². The highest BCUT2D eigenvalue weighted by Crippen LogP contribution is 2.16. The molecule has 0 bridgehead atoms. The molecular weight excluding hydrogens is 288 g/mol. The molecule has 2 rings (SSSR count). The van der Waals surface area contributed by atoms with Gasteiger partial charge >= 0.3 is 0 Å². The number of imidazole rings is 1. The van der Waals surface area contributed by atoms with Crippen LogP contribution in [0.1, 0.15) is 5.69 Å². The third kappa shape index (κ3) is 1.19. The van der Waals surface area contributed by atoms with E-state index in [-0.39, 0.29) is 0 Å². The quantitative estimate of drug-likeness (QED) is 0.698. The molecule has 0 aromatic carbocycles. The van der Waals surface area contributed by atoms with Gasteiger partial charge in [-0.25, -0.2) is 9.97 Å². The fraction of sp³-hybridized carbons (Fsp3) is 0.143. The van der Waals surface area contributed by atoms with Gasteiger partial charge in [0.05, 0.1) is 11.9 Å². The van der Waals surface area contributed by atoms with Gasteiger partial charge in [-0.05, 0) is 29.5 Å². The molecule has 0 spiro atoms. The molecule has 0 saturated heterocycles. The molecule has 5 heteroatoms. The summed E-state index contributed by atoms with van der Waals surface area (Å²) in [6, 6.07) is 0. The highest BCUT2D eigenvalue weighted by Gasteiger charge is 2.05. The van der Waals surface area contributed by atoms with Crippen molar-refractivity contribution in [2.75, 3.05) is 0 Å². The Hall–Kier alpha value is -0.360. The predicted octanol–water partition coefficient (Wildman–Crippen LogP) is 2.30. The maximum absolute atomic E-state index is 5.90. The summed E-state index contributed by atoms with van der Waals surface area (Å²) < 4.78 is 2.69. The zero-order chi connectivity index (χ0) is 8.72. The molecule has 0 fully saturated rings. The molecule has 0 saturated carbocycles. The molecule has 0 aliphatic heterocycles. The maximum atomic E-state index is 5.90. The van der Waals surface area contributed by atoms with Gasteiger partial charge in [-0.15, -0.1) is 0 Å². The second-order valence-corrected chi connectivity index (χ2v) is 3.86. The van der Waals surface area contributed by atoms with E-state index >= 15 is 0 Å². The molecule has 0 atom stereocenters. The Morgan fingerprint density at radius 3 is 3.00 bits per heavy atom. The third-order valence-corrected chi connectivity index (χ3v) is 2.57. The highest BCUT2D eigenvalue weighted by molar-refractivity contribution is 14.1. The molecule has 62 valence electrons. The van der Waals surface area contributed by atoms with Crippen LogP contribution < -0.4 is 0 Å². The van der Waals surface area contributed by atoms with Crippen LogP contribution in [0.4, 0.5) is 0 Å². The van der Waals surface area contributed by atoms with Crippen molar-refractivity contribution in [3.8, 4) is 0 Å². The Bertz CT molecular complexity index is 398. The van der Waals surface area contributed by atoms with Crippen LogP contribution in [0.15, 0.2) is 12.4 Å². The monoisotopic (exact) mass is 293 g/mol. The minimum atomic E-state index is 0.589. The standard InChI is InChI=1S/C7H5ClIN3/c1-4-3-12-5(8)2-10-6(9)7(12)11-4/h2-3H,1H3. The van der Waals surface area contributed by atoms with Crippen LogP contribution in [0.2, 0.25) is 5.15 Å². The van der Waals surface area contributed by atoms with Gasteiger partial charge < -0.3 is 0 Å². The van der Waals surface area contributed by atoms with Crippen LogP contribution in [0.25, 0.3) is 5.65 Å². The Labute approximate surface area is 87.9 Å². The summed E-state index contributed by atoms with van der Waals surface area (Å²) in [4.78, 5) is 8.37. The van der Waals surface area contributed by atoms with Crippen molar-refractivity contribution in [3.05, 3.63) is 26.9 Å². The summed E-state index contributed by atoms with van der Waals surface area (Å²) in [6.45, 7) is 1.93. The number of hydrogen-bond donors (Lipinski definition) is 0. The molecule has 2 aromatic rings. The SMILES string of the molecule is Cc1cn2c(Cl)cnc(I)c2n1. The smallest absolute Gasteiger partial charge is 0.170 e. The van der Waals surface area contributed by atoms with Crippen LogP contribution in [0.3, 0.4) is 0 Å². The van der Waals surface area contributed by atoms with E-state index in [1.165, 1.54) is 0 Å². The second-order valence-electron chi connectivity index (χ2n) is 2.45. The zero-order valence-electron chi connectivity index (χ0n) is 6.25. The lowest BCUT2D eigenvalue weighted by Crippen LogP contribution is -1.91. The number of hydrogen-bond acceptors (Lipinski definition) is 2. The van der Waals surface area contributed by atoms with Crippen molar-refractivity contribution in [3.63, 3.8) is 0 Å². The molecule has 0 aliphatic rings. The number of aromatic nitrogens is 3. The largest absolute Gasteiger partial charge is 0.286 e. The van der Waals surface area contributed by atoms with Crippen molar-refractivity contribution in [1.82, 2.24) is 14.4 Å². The maximum Gasteiger partial charge on any atom is 0.170 e. The first-order valence-electron chi connectivity index (χ1n) is 3.34. The first-order valence-corrected chi connectivity index (χ1v) is 4.80. The van der Waals surface area contributed by atoms with Crippen molar-refractivity contribution in [2.24, 2.45) is 0 Å². The number of aryl methyl sites for hydroxylation is 1. The topological polar surface area (TPSA) is 30.2 Å². The van der Waals surface area contributed by atoms with E-state index in [0.717, 1.165) is 15.0 Å². The summed E-state index contributed by atoms with van der Waals surface area (Å²) in [7, 11) is 0. The summed E-state index contributed by atoms with van der Waals surface area (Å²) in [5.74, 6) is 0. The van der Waals surface area contributed by atoms with Gasteiger partial charge in [-0.3, -0.25) is 4.40 Å². The number of rotatable bonds is 0. The summed E-state index contributed by atoms with van der Waals surface area (Å²) in [5.41, 5.74) is 1.77. The molecule has 0 N–H and O–H groups in total. The van der Waals surface area contributed by atoms with Crippen LogP contribution in [0.5, 0.6) is 0 Å². The van der Waals surface area contributed by atoms with Gasteiger partial charge in [-0.1, -0.05) is 11.6 Å². The van der Waals surface area contributed by atoms with Crippen LogP contribution in [-0.2, 0) is 0 Å². The Morgan fingerprint density at radius 2 is 2.33 bits per heavy atom. The molecule has 2 heterocycles. The Morgan fingerprint density at radius 1 is 1.58 bits per heavy atom. The zero-order valence-corrected chi connectivity index (χ0v) is 9.17. The molecule has 3 nitrogen and oxygen atoms in total. The predicted molar refractivity (Wildman–Crippen MR) is 55.5 cm³/mol. The van der Waals surface area contributed by atoms with Crippen LogP contribution >= 0.6 is 34.2 Å². The lowest BCUT2D eigenvalue weighted by atomic mass is 10.6. The average molecular weight is 293 g/mol. The van der Waals surface area contributed by atoms with Crippen molar-refractivity contribution in [2.45, 2.75) is 6.92 Å².